The van der Waals surface area contributed by atoms with E-state index in [4.69, 9.17) is 9.47 Å². The average molecular weight is 288 g/mol. The van der Waals surface area contributed by atoms with Crippen LogP contribution in [0.2, 0.25) is 0 Å². The predicted molar refractivity (Wildman–Crippen MR) is 81.7 cm³/mol. The Morgan fingerprint density at radius 2 is 2.00 bits per heavy atom. The van der Waals surface area contributed by atoms with E-state index in [0.29, 0.717) is 24.4 Å². The number of hydrogen-bond acceptors (Lipinski definition) is 6. The van der Waals surface area contributed by atoms with Crippen molar-refractivity contribution in [1.29, 1.82) is 0 Å². The summed E-state index contributed by atoms with van der Waals surface area (Å²) in [6.07, 6.45) is -0.000264. The molecule has 0 aliphatic carbocycles. The molecule has 1 aromatic carbocycles. The van der Waals surface area contributed by atoms with Crippen molar-refractivity contribution in [1.82, 2.24) is 15.0 Å². The Labute approximate surface area is 124 Å². The van der Waals surface area contributed by atoms with Crippen LogP contribution in [0.25, 0.3) is 11.4 Å². The van der Waals surface area contributed by atoms with Crippen LogP contribution in [0.4, 0.5) is 5.95 Å². The lowest BCUT2D eigenvalue weighted by Crippen LogP contribution is -2.11. The monoisotopic (exact) mass is 288 g/mol. The van der Waals surface area contributed by atoms with Gasteiger partial charge in [-0.15, -0.1) is 0 Å². The molecule has 2 rings (SSSR count). The second-order valence-electron chi connectivity index (χ2n) is 4.64. The lowest BCUT2D eigenvalue weighted by Gasteiger charge is -2.11. The summed E-state index contributed by atoms with van der Waals surface area (Å²) in [7, 11) is 1.76. The zero-order chi connectivity index (χ0) is 15.2. The summed E-state index contributed by atoms with van der Waals surface area (Å²) < 4.78 is 11.1. The van der Waals surface area contributed by atoms with E-state index in [2.05, 4.69) is 20.3 Å². The molecule has 112 valence electrons. The molecule has 1 heterocycles. The van der Waals surface area contributed by atoms with Gasteiger partial charge in [-0.1, -0.05) is 12.1 Å². The van der Waals surface area contributed by atoms with Crippen molar-refractivity contribution < 1.29 is 9.47 Å². The molecule has 6 nitrogen and oxygen atoms in total. The maximum Gasteiger partial charge on any atom is 0.322 e. The molecule has 0 saturated carbocycles. The van der Waals surface area contributed by atoms with E-state index in [1.165, 1.54) is 0 Å². The molecular formula is C15H20N4O2. The SMILES string of the molecule is CCOc1cccc(-c2nc(NC)nc(OC(C)C)n2)c1. The Balaban J connectivity index is 2.39. The lowest BCUT2D eigenvalue weighted by atomic mass is 10.2. The van der Waals surface area contributed by atoms with Gasteiger partial charge in [-0.25, -0.2) is 0 Å². The number of aromatic nitrogens is 3. The van der Waals surface area contributed by atoms with Crippen molar-refractivity contribution in [3.05, 3.63) is 24.3 Å². The van der Waals surface area contributed by atoms with Gasteiger partial charge < -0.3 is 14.8 Å². The molecule has 0 radical (unpaired) electrons. The molecule has 0 aliphatic heterocycles. The molecule has 0 unspecified atom stereocenters. The number of nitrogens with one attached hydrogen (secondary N) is 1. The van der Waals surface area contributed by atoms with Gasteiger partial charge in [-0.3, -0.25) is 0 Å². The molecule has 21 heavy (non-hydrogen) atoms. The molecule has 0 aliphatic rings. The van der Waals surface area contributed by atoms with Gasteiger partial charge in [0.2, 0.25) is 5.95 Å². The van der Waals surface area contributed by atoms with E-state index >= 15 is 0 Å². The largest absolute Gasteiger partial charge is 0.494 e. The Kier molecular flexibility index (Phi) is 4.92. The van der Waals surface area contributed by atoms with Crippen LogP contribution < -0.4 is 14.8 Å². The summed E-state index contributed by atoms with van der Waals surface area (Å²) in [5.74, 6) is 1.80. The van der Waals surface area contributed by atoms with E-state index < -0.39 is 0 Å². The van der Waals surface area contributed by atoms with E-state index in [0.717, 1.165) is 11.3 Å². The number of rotatable bonds is 6. The molecule has 0 fully saturated rings. The molecule has 0 bridgehead atoms. The van der Waals surface area contributed by atoms with Crippen LogP contribution in [-0.4, -0.2) is 34.7 Å². The topological polar surface area (TPSA) is 69.2 Å². The van der Waals surface area contributed by atoms with E-state index in [1.54, 1.807) is 7.05 Å². The second-order valence-corrected chi connectivity index (χ2v) is 4.64. The van der Waals surface area contributed by atoms with Crippen molar-refractivity contribution in [2.45, 2.75) is 26.9 Å². The Bertz CT molecular complexity index is 602. The highest BCUT2D eigenvalue weighted by Crippen LogP contribution is 2.23. The predicted octanol–water partition coefficient (Wildman–Crippen LogP) is 2.77. The second kappa shape index (κ2) is 6.88. The fraction of sp³-hybridized carbons (Fsp3) is 0.400. The Morgan fingerprint density at radius 3 is 2.67 bits per heavy atom. The first-order valence-corrected chi connectivity index (χ1v) is 6.96. The first-order chi connectivity index (χ1) is 10.1. The Hall–Kier alpha value is -2.37. The van der Waals surface area contributed by atoms with Gasteiger partial charge in [0.1, 0.15) is 5.75 Å². The minimum atomic E-state index is -0.000264. The van der Waals surface area contributed by atoms with Gasteiger partial charge >= 0.3 is 6.01 Å². The first-order valence-electron chi connectivity index (χ1n) is 6.96. The van der Waals surface area contributed by atoms with E-state index in [1.807, 2.05) is 45.0 Å². The summed E-state index contributed by atoms with van der Waals surface area (Å²) in [4.78, 5) is 12.9. The van der Waals surface area contributed by atoms with Crippen molar-refractivity contribution >= 4 is 5.95 Å². The smallest absolute Gasteiger partial charge is 0.322 e. The number of anilines is 1. The molecule has 0 atom stereocenters. The first kappa shape index (κ1) is 15.0. The van der Waals surface area contributed by atoms with Gasteiger partial charge in [0.15, 0.2) is 5.82 Å². The zero-order valence-electron chi connectivity index (χ0n) is 12.8. The van der Waals surface area contributed by atoms with E-state index in [9.17, 15) is 0 Å². The summed E-state index contributed by atoms with van der Waals surface area (Å²) in [6, 6.07) is 7.94. The highest BCUT2D eigenvalue weighted by atomic mass is 16.5. The van der Waals surface area contributed by atoms with Crippen LogP contribution in [-0.2, 0) is 0 Å². The maximum absolute atomic E-state index is 5.56. The zero-order valence-corrected chi connectivity index (χ0v) is 12.8. The summed E-state index contributed by atoms with van der Waals surface area (Å²) in [6.45, 7) is 6.42. The fourth-order valence-electron chi connectivity index (χ4n) is 1.75. The third-order valence-corrected chi connectivity index (χ3v) is 2.58. The number of hydrogen-bond donors (Lipinski definition) is 1. The highest BCUT2D eigenvalue weighted by Gasteiger charge is 2.10. The molecular weight excluding hydrogens is 268 g/mol. The number of benzene rings is 1. The van der Waals surface area contributed by atoms with Gasteiger partial charge in [0.25, 0.3) is 0 Å². The highest BCUT2D eigenvalue weighted by molar-refractivity contribution is 5.58. The van der Waals surface area contributed by atoms with Crippen LogP contribution >= 0.6 is 0 Å². The molecule has 0 spiro atoms. The minimum Gasteiger partial charge on any atom is -0.494 e. The molecule has 1 N–H and O–H groups in total. The summed E-state index contributed by atoms with van der Waals surface area (Å²) in [5.41, 5.74) is 0.855. The van der Waals surface area contributed by atoms with Crippen molar-refractivity contribution in [2.75, 3.05) is 19.0 Å². The van der Waals surface area contributed by atoms with Gasteiger partial charge in [-0.2, -0.15) is 15.0 Å². The fourth-order valence-corrected chi connectivity index (χ4v) is 1.75. The van der Waals surface area contributed by atoms with Crippen LogP contribution in [0, 0.1) is 0 Å². The summed E-state index contributed by atoms with van der Waals surface area (Å²) >= 11 is 0. The molecule has 1 aromatic heterocycles. The van der Waals surface area contributed by atoms with Crippen molar-refractivity contribution in [3.63, 3.8) is 0 Å². The van der Waals surface area contributed by atoms with Crippen LogP contribution in [0.5, 0.6) is 11.8 Å². The van der Waals surface area contributed by atoms with Crippen LogP contribution in [0.1, 0.15) is 20.8 Å². The van der Waals surface area contributed by atoms with Crippen molar-refractivity contribution in [3.8, 4) is 23.1 Å². The molecule has 2 aromatic rings. The van der Waals surface area contributed by atoms with E-state index in [-0.39, 0.29) is 6.10 Å². The van der Waals surface area contributed by atoms with Gasteiger partial charge in [0, 0.05) is 12.6 Å². The Morgan fingerprint density at radius 1 is 1.19 bits per heavy atom. The maximum atomic E-state index is 5.56. The normalized spacial score (nSPS) is 10.5. The van der Waals surface area contributed by atoms with Gasteiger partial charge in [0.05, 0.1) is 12.7 Å². The van der Waals surface area contributed by atoms with Gasteiger partial charge in [-0.05, 0) is 32.9 Å². The van der Waals surface area contributed by atoms with Crippen LogP contribution in [0.3, 0.4) is 0 Å². The summed E-state index contributed by atoms with van der Waals surface area (Å²) in [5, 5.41) is 2.92. The molecule has 0 saturated heterocycles. The molecule has 0 amide bonds. The van der Waals surface area contributed by atoms with Crippen LogP contribution in [0.15, 0.2) is 24.3 Å². The number of nitrogens with zero attached hydrogens (tertiary/aromatic N) is 3. The third kappa shape index (κ3) is 4.05. The molecule has 6 heteroatoms. The average Bonchev–Trinajstić information content (AvgIpc) is 2.47. The van der Waals surface area contributed by atoms with Crippen molar-refractivity contribution in [2.24, 2.45) is 0 Å². The minimum absolute atomic E-state index is 0.000264. The lowest BCUT2D eigenvalue weighted by molar-refractivity contribution is 0.222. The number of ether oxygens (including phenoxy) is 2. The standard InChI is InChI=1S/C15H20N4O2/c1-5-20-12-8-6-7-11(9-12)13-17-14(16-4)19-15(18-13)21-10(2)3/h6-10H,5H2,1-4H3,(H,16,17,18,19). The third-order valence-electron chi connectivity index (χ3n) is 2.58. The quantitative estimate of drug-likeness (QED) is 0.881.